The summed E-state index contributed by atoms with van der Waals surface area (Å²) in [5, 5.41) is 6.81. The summed E-state index contributed by atoms with van der Waals surface area (Å²) in [6, 6.07) is 0. The van der Waals surface area contributed by atoms with E-state index < -0.39 is 0 Å². The van der Waals surface area contributed by atoms with Crippen LogP contribution in [0.15, 0.2) is 5.38 Å². The summed E-state index contributed by atoms with van der Waals surface area (Å²) >= 11 is 1.70. The number of aromatic nitrogens is 1. The highest BCUT2D eigenvalue weighted by atomic mass is 32.1. The number of aryl methyl sites for hydroxylation is 1. The molecule has 1 fully saturated rings. The maximum Gasteiger partial charge on any atom is 0.0897 e. The van der Waals surface area contributed by atoms with Crippen molar-refractivity contribution in [3.8, 4) is 0 Å². The molecular weight excluding hydrogens is 206 g/mol. The molecule has 0 bridgehead atoms. The lowest BCUT2D eigenvalue weighted by Crippen LogP contribution is -2.50. The summed E-state index contributed by atoms with van der Waals surface area (Å²) < 4.78 is 0. The number of nitrogens with one attached hydrogen (secondary N) is 1. The Balaban J connectivity index is 1.91. The summed E-state index contributed by atoms with van der Waals surface area (Å²) in [6.07, 6.45) is 2.63. The number of nitrogens with zero attached hydrogens (tertiary/aromatic N) is 1. The lowest BCUT2D eigenvalue weighted by Gasteiger charge is -2.29. The van der Waals surface area contributed by atoms with E-state index in [1.54, 1.807) is 11.3 Å². The molecule has 1 atom stereocenters. The van der Waals surface area contributed by atoms with Crippen LogP contribution < -0.4 is 11.1 Å². The number of hydrogen-bond donors (Lipinski definition) is 2. The van der Waals surface area contributed by atoms with Gasteiger partial charge in [-0.3, -0.25) is 0 Å². The van der Waals surface area contributed by atoms with E-state index in [1.807, 2.05) is 6.92 Å². The van der Waals surface area contributed by atoms with Crippen LogP contribution in [0.2, 0.25) is 0 Å². The van der Waals surface area contributed by atoms with Gasteiger partial charge in [-0.1, -0.05) is 0 Å². The number of rotatable bonds is 5. The second kappa shape index (κ2) is 4.20. The van der Waals surface area contributed by atoms with Gasteiger partial charge in [0.25, 0.3) is 0 Å². The van der Waals surface area contributed by atoms with E-state index in [4.69, 9.17) is 5.73 Å². The van der Waals surface area contributed by atoms with Crippen molar-refractivity contribution in [2.45, 2.75) is 38.8 Å². The molecule has 1 aliphatic rings. The van der Waals surface area contributed by atoms with Gasteiger partial charge in [0.15, 0.2) is 0 Å². The molecule has 15 heavy (non-hydrogen) atoms. The molecule has 1 aromatic rings. The normalized spacial score (nSPS) is 20.2. The monoisotopic (exact) mass is 225 g/mol. The third-order valence-corrected chi connectivity index (χ3v) is 4.06. The van der Waals surface area contributed by atoms with E-state index in [2.05, 4.69) is 22.6 Å². The molecule has 1 saturated carbocycles. The molecular formula is C11H19N3S. The quantitative estimate of drug-likeness (QED) is 0.801. The van der Waals surface area contributed by atoms with Crippen LogP contribution in [0.4, 0.5) is 0 Å². The Morgan fingerprint density at radius 2 is 2.40 bits per heavy atom. The van der Waals surface area contributed by atoms with Crippen molar-refractivity contribution in [1.82, 2.24) is 10.3 Å². The molecule has 0 radical (unpaired) electrons. The van der Waals surface area contributed by atoms with Crippen LogP contribution in [-0.4, -0.2) is 17.1 Å². The Bertz CT molecular complexity index is 332. The van der Waals surface area contributed by atoms with Gasteiger partial charge in [0.2, 0.25) is 0 Å². The SMILES string of the molecule is Cc1nc(CNC(C)(CN)C2CC2)cs1. The molecule has 1 unspecified atom stereocenters. The predicted octanol–water partition coefficient (Wildman–Crippen LogP) is 1.67. The Kier molecular flexibility index (Phi) is 3.09. The maximum absolute atomic E-state index is 5.84. The van der Waals surface area contributed by atoms with Crippen molar-refractivity contribution >= 4 is 11.3 Å². The molecule has 4 heteroatoms. The van der Waals surface area contributed by atoms with Crippen molar-refractivity contribution in [1.29, 1.82) is 0 Å². The maximum atomic E-state index is 5.84. The first-order valence-electron chi connectivity index (χ1n) is 5.50. The largest absolute Gasteiger partial charge is 0.329 e. The average Bonchev–Trinajstić information content (AvgIpc) is 3.00. The number of nitrogens with two attached hydrogens (primary N) is 1. The van der Waals surface area contributed by atoms with Crippen molar-refractivity contribution in [2.75, 3.05) is 6.54 Å². The van der Waals surface area contributed by atoms with E-state index >= 15 is 0 Å². The van der Waals surface area contributed by atoms with E-state index in [0.717, 1.165) is 23.2 Å². The van der Waals surface area contributed by atoms with Crippen LogP contribution in [0, 0.1) is 12.8 Å². The van der Waals surface area contributed by atoms with Crippen molar-refractivity contribution in [2.24, 2.45) is 11.7 Å². The molecule has 0 amide bonds. The van der Waals surface area contributed by atoms with Gasteiger partial charge in [0, 0.05) is 24.0 Å². The zero-order chi connectivity index (χ0) is 10.9. The average molecular weight is 225 g/mol. The highest BCUT2D eigenvalue weighted by Crippen LogP contribution is 2.39. The summed E-state index contributed by atoms with van der Waals surface area (Å²) in [5.41, 5.74) is 7.08. The second-order valence-corrected chi connectivity index (χ2v) is 5.67. The highest BCUT2D eigenvalue weighted by molar-refractivity contribution is 7.09. The smallest absolute Gasteiger partial charge is 0.0897 e. The van der Waals surface area contributed by atoms with Crippen molar-refractivity contribution in [3.05, 3.63) is 16.1 Å². The third kappa shape index (κ3) is 2.56. The van der Waals surface area contributed by atoms with E-state index in [0.29, 0.717) is 6.54 Å². The molecule has 3 N–H and O–H groups in total. The summed E-state index contributed by atoms with van der Waals surface area (Å²) in [7, 11) is 0. The molecule has 84 valence electrons. The molecule has 0 aliphatic heterocycles. The Morgan fingerprint density at radius 1 is 1.67 bits per heavy atom. The molecule has 2 rings (SSSR count). The minimum absolute atomic E-state index is 0.109. The van der Waals surface area contributed by atoms with Crippen LogP contribution in [0.1, 0.15) is 30.5 Å². The van der Waals surface area contributed by atoms with Crippen molar-refractivity contribution in [3.63, 3.8) is 0 Å². The zero-order valence-corrected chi connectivity index (χ0v) is 10.2. The minimum atomic E-state index is 0.109. The summed E-state index contributed by atoms with van der Waals surface area (Å²) in [4.78, 5) is 4.44. The zero-order valence-electron chi connectivity index (χ0n) is 9.42. The van der Waals surface area contributed by atoms with Gasteiger partial charge in [-0.05, 0) is 32.6 Å². The van der Waals surface area contributed by atoms with Crippen LogP contribution >= 0.6 is 11.3 Å². The number of hydrogen-bond acceptors (Lipinski definition) is 4. The fourth-order valence-electron chi connectivity index (χ4n) is 1.89. The Morgan fingerprint density at radius 3 is 2.87 bits per heavy atom. The van der Waals surface area contributed by atoms with Gasteiger partial charge in [-0.2, -0.15) is 0 Å². The third-order valence-electron chi connectivity index (χ3n) is 3.24. The molecule has 1 aliphatic carbocycles. The molecule has 3 nitrogen and oxygen atoms in total. The lowest BCUT2D eigenvalue weighted by molar-refractivity contribution is 0.315. The standard InChI is InChI=1S/C11H19N3S/c1-8-14-10(6-15-8)5-13-11(2,7-12)9-3-4-9/h6,9,13H,3-5,7,12H2,1-2H3. The second-order valence-electron chi connectivity index (χ2n) is 4.61. The fraction of sp³-hybridized carbons (Fsp3) is 0.727. The van der Waals surface area contributed by atoms with Crippen LogP contribution in [0.3, 0.4) is 0 Å². The molecule has 1 heterocycles. The fourth-order valence-corrected chi connectivity index (χ4v) is 2.50. The van der Waals surface area contributed by atoms with Gasteiger partial charge in [-0.15, -0.1) is 11.3 Å². The van der Waals surface area contributed by atoms with Crippen LogP contribution in [0.5, 0.6) is 0 Å². The molecule has 0 aromatic carbocycles. The van der Waals surface area contributed by atoms with Gasteiger partial charge < -0.3 is 11.1 Å². The minimum Gasteiger partial charge on any atom is -0.329 e. The van der Waals surface area contributed by atoms with Gasteiger partial charge in [0.1, 0.15) is 0 Å². The topological polar surface area (TPSA) is 50.9 Å². The number of thiazole rings is 1. The van der Waals surface area contributed by atoms with Crippen LogP contribution in [0.25, 0.3) is 0 Å². The van der Waals surface area contributed by atoms with E-state index in [-0.39, 0.29) is 5.54 Å². The Labute approximate surface area is 95.1 Å². The van der Waals surface area contributed by atoms with E-state index in [1.165, 1.54) is 12.8 Å². The van der Waals surface area contributed by atoms with E-state index in [9.17, 15) is 0 Å². The van der Waals surface area contributed by atoms with Crippen molar-refractivity contribution < 1.29 is 0 Å². The Hall–Kier alpha value is -0.450. The summed E-state index contributed by atoms with van der Waals surface area (Å²) in [5.74, 6) is 0.766. The molecule has 0 spiro atoms. The van der Waals surface area contributed by atoms with Gasteiger partial charge >= 0.3 is 0 Å². The molecule has 1 aromatic heterocycles. The first-order valence-corrected chi connectivity index (χ1v) is 6.38. The predicted molar refractivity (Wildman–Crippen MR) is 63.9 cm³/mol. The first kappa shape index (κ1) is 11.0. The van der Waals surface area contributed by atoms with Crippen LogP contribution in [-0.2, 0) is 6.54 Å². The highest BCUT2D eigenvalue weighted by Gasteiger charge is 2.39. The summed E-state index contributed by atoms with van der Waals surface area (Å²) in [6.45, 7) is 5.82. The molecule has 0 saturated heterocycles. The van der Waals surface area contributed by atoms with Gasteiger partial charge in [-0.25, -0.2) is 4.98 Å². The first-order chi connectivity index (χ1) is 7.14. The lowest BCUT2D eigenvalue weighted by atomic mass is 9.96. The van der Waals surface area contributed by atoms with Gasteiger partial charge in [0.05, 0.1) is 10.7 Å².